The Hall–Kier alpha value is -1.16. The summed E-state index contributed by atoms with van der Waals surface area (Å²) in [4.78, 5) is 12.0. The van der Waals surface area contributed by atoms with Crippen molar-refractivity contribution in [3.05, 3.63) is 23.8 Å². The van der Waals surface area contributed by atoms with Crippen molar-refractivity contribution >= 4 is 17.7 Å². The predicted molar refractivity (Wildman–Crippen MR) is 72.4 cm³/mol. The number of fused-ring (bicyclic) bond motifs is 1. The second-order valence-corrected chi connectivity index (χ2v) is 5.98. The van der Waals surface area contributed by atoms with Crippen molar-refractivity contribution in [2.45, 2.75) is 37.7 Å². The van der Waals surface area contributed by atoms with Gasteiger partial charge in [0.1, 0.15) is 5.75 Å². The van der Waals surface area contributed by atoms with E-state index in [-0.39, 0.29) is 18.4 Å². The second-order valence-electron chi connectivity index (χ2n) is 4.92. The SMILES string of the molecule is CC(C)Oc1ccc2c(c1)CC(CC(=O)O)CS2. The molecule has 0 amide bonds. The van der Waals surface area contributed by atoms with Gasteiger partial charge < -0.3 is 9.84 Å². The Balaban J connectivity index is 2.11. The number of benzene rings is 1. The smallest absolute Gasteiger partial charge is 0.303 e. The molecule has 0 fully saturated rings. The zero-order chi connectivity index (χ0) is 13.1. The summed E-state index contributed by atoms with van der Waals surface area (Å²) in [6.45, 7) is 4.00. The number of ether oxygens (including phenoxy) is 1. The molecule has 0 bridgehead atoms. The van der Waals surface area contributed by atoms with Gasteiger partial charge in [0.25, 0.3) is 0 Å². The molecule has 0 spiro atoms. The quantitative estimate of drug-likeness (QED) is 0.909. The highest BCUT2D eigenvalue weighted by atomic mass is 32.2. The van der Waals surface area contributed by atoms with Crippen LogP contribution in [0.4, 0.5) is 0 Å². The molecule has 0 aliphatic carbocycles. The lowest BCUT2D eigenvalue weighted by Crippen LogP contribution is -2.17. The van der Waals surface area contributed by atoms with Gasteiger partial charge in [0.2, 0.25) is 0 Å². The average molecular weight is 266 g/mol. The minimum absolute atomic E-state index is 0.161. The maximum absolute atomic E-state index is 10.8. The lowest BCUT2D eigenvalue weighted by atomic mass is 9.97. The van der Waals surface area contributed by atoms with E-state index in [2.05, 4.69) is 12.1 Å². The van der Waals surface area contributed by atoms with Gasteiger partial charge in [0.15, 0.2) is 0 Å². The molecule has 1 aliphatic heterocycles. The third-order valence-electron chi connectivity index (χ3n) is 2.85. The van der Waals surface area contributed by atoms with Crippen LogP contribution in [0.25, 0.3) is 0 Å². The van der Waals surface area contributed by atoms with Gasteiger partial charge in [0.05, 0.1) is 6.10 Å². The molecular formula is C14H18O3S. The highest BCUT2D eigenvalue weighted by molar-refractivity contribution is 7.99. The zero-order valence-electron chi connectivity index (χ0n) is 10.7. The lowest BCUT2D eigenvalue weighted by molar-refractivity contribution is -0.137. The number of carbonyl (C=O) groups is 1. The number of hydrogen-bond donors (Lipinski definition) is 1. The fourth-order valence-corrected chi connectivity index (χ4v) is 3.30. The molecular weight excluding hydrogens is 248 g/mol. The van der Waals surface area contributed by atoms with Crippen LogP contribution in [0.2, 0.25) is 0 Å². The van der Waals surface area contributed by atoms with Crippen molar-refractivity contribution < 1.29 is 14.6 Å². The summed E-state index contributed by atoms with van der Waals surface area (Å²) in [5.74, 6) is 1.29. The Kier molecular flexibility index (Phi) is 4.17. The molecule has 4 heteroatoms. The van der Waals surface area contributed by atoms with Crippen molar-refractivity contribution in [2.75, 3.05) is 5.75 Å². The summed E-state index contributed by atoms with van der Waals surface area (Å²) in [5.41, 5.74) is 1.22. The summed E-state index contributed by atoms with van der Waals surface area (Å²) in [7, 11) is 0. The molecule has 1 unspecified atom stereocenters. The van der Waals surface area contributed by atoms with E-state index in [0.717, 1.165) is 17.9 Å². The van der Waals surface area contributed by atoms with Crippen LogP contribution in [0, 0.1) is 5.92 Å². The first-order chi connectivity index (χ1) is 8.54. The van der Waals surface area contributed by atoms with Crippen molar-refractivity contribution in [2.24, 2.45) is 5.92 Å². The normalized spacial score (nSPS) is 18.5. The largest absolute Gasteiger partial charge is 0.491 e. The van der Waals surface area contributed by atoms with Gasteiger partial charge in [-0.05, 0) is 49.9 Å². The molecule has 3 nitrogen and oxygen atoms in total. The molecule has 1 atom stereocenters. The van der Waals surface area contributed by atoms with Crippen LogP contribution >= 0.6 is 11.8 Å². The van der Waals surface area contributed by atoms with E-state index in [4.69, 9.17) is 9.84 Å². The van der Waals surface area contributed by atoms with Crippen LogP contribution in [-0.4, -0.2) is 22.9 Å². The van der Waals surface area contributed by atoms with Gasteiger partial charge in [-0.3, -0.25) is 4.79 Å². The van der Waals surface area contributed by atoms with Gasteiger partial charge in [-0.1, -0.05) is 0 Å². The maximum atomic E-state index is 10.8. The van der Waals surface area contributed by atoms with E-state index < -0.39 is 5.97 Å². The molecule has 0 saturated heterocycles. The van der Waals surface area contributed by atoms with Gasteiger partial charge in [-0.15, -0.1) is 11.8 Å². The van der Waals surface area contributed by atoms with Crippen LogP contribution in [0.5, 0.6) is 5.75 Å². The molecule has 1 heterocycles. The van der Waals surface area contributed by atoms with Gasteiger partial charge in [-0.25, -0.2) is 0 Å². The molecule has 1 aliphatic rings. The highest BCUT2D eigenvalue weighted by Gasteiger charge is 2.21. The zero-order valence-corrected chi connectivity index (χ0v) is 11.5. The van der Waals surface area contributed by atoms with Gasteiger partial charge in [0, 0.05) is 17.1 Å². The Labute approximate surface area is 112 Å². The predicted octanol–water partition coefficient (Wildman–Crippen LogP) is 3.21. The summed E-state index contributed by atoms with van der Waals surface area (Å²) < 4.78 is 5.67. The molecule has 18 heavy (non-hydrogen) atoms. The summed E-state index contributed by atoms with van der Waals surface area (Å²) in [5, 5.41) is 8.85. The second kappa shape index (κ2) is 5.65. The minimum Gasteiger partial charge on any atom is -0.491 e. The van der Waals surface area contributed by atoms with Crippen molar-refractivity contribution in [1.29, 1.82) is 0 Å². The first kappa shape index (κ1) is 13.3. The molecule has 98 valence electrons. The Morgan fingerprint density at radius 1 is 1.56 bits per heavy atom. The third-order valence-corrected chi connectivity index (χ3v) is 4.20. The monoisotopic (exact) mass is 266 g/mol. The Morgan fingerprint density at radius 3 is 3.00 bits per heavy atom. The topological polar surface area (TPSA) is 46.5 Å². The van der Waals surface area contributed by atoms with Crippen LogP contribution in [0.1, 0.15) is 25.8 Å². The lowest BCUT2D eigenvalue weighted by Gasteiger charge is -2.23. The fourth-order valence-electron chi connectivity index (χ4n) is 2.16. The molecule has 0 aromatic heterocycles. The van der Waals surface area contributed by atoms with Crippen LogP contribution in [0.3, 0.4) is 0 Å². The minimum atomic E-state index is -0.710. The van der Waals surface area contributed by atoms with Crippen LogP contribution < -0.4 is 4.74 Å². The molecule has 0 radical (unpaired) electrons. The standard InChI is InChI=1S/C14H18O3S/c1-9(2)17-12-3-4-13-11(7-12)5-10(8-18-13)6-14(15)16/h3-4,7,9-10H,5-6,8H2,1-2H3,(H,15,16). The summed E-state index contributed by atoms with van der Waals surface area (Å²) in [6, 6.07) is 6.12. The molecule has 1 N–H and O–H groups in total. The number of carboxylic acid groups (broad SMARTS) is 1. The molecule has 1 aromatic rings. The highest BCUT2D eigenvalue weighted by Crippen LogP contribution is 2.36. The van der Waals surface area contributed by atoms with E-state index in [1.54, 1.807) is 11.8 Å². The number of rotatable bonds is 4. The van der Waals surface area contributed by atoms with E-state index in [1.165, 1.54) is 10.5 Å². The first-order valence-corrected chi connectivity index (χ1v) is 7.17. The molecule has 0 saturated carbocycles. The van der Waals surface area contributed by atoms with Crippen molar-refractivity contribution in [3.63, 3.8) is 0 Å². The Morgan fingerprint density at radius 2 is 2.33 bits per heavy atom. The number of hydrogen-bond acceptors (Lipinski definition) is 3. The first-order valence-electron chi connectivity index (χ1n) is 6.18. The third kappa shape index (κ3) is 3.42. The van der Waals surface area contributed by atoms with E-state index in [0.29, 0.717) is 0 Å². The van der Waals surface area contributed by atoms with E-state index in [1.807, 2.05) is 19.9 Å². The van der Waals surface area contributed by atoms with E-state index >= 15 is 0 Å². The molecule has 2 rings (SSSR count). The van der Waals surface area contributed by atoms with Crippen LogP contribution in [-0.2, 0) is 11.2 Å². The fraction of sp³-hybridized carbons (Fsp3) is 0.500. The van der Waals surface area contributed by atoms with Crippen molar-refractivity contribution in [3.8, 4) is 5.75 Å². The average Bonchev–Trinajstić information content (AvgIpc) is 2.26. The molecule has 1 aromatic carbocycles. The number of thioether (sulfide) groups is 1. The van der Waals surface area contributed by atoms with Gasteiger partial charge in [-0.2, -0.15) is 0 Å². The maximum Gasteiger partial charge on any atom is 0.303 e. The van der Waals surface area contributed by atoms with Gasteiger partial charge >= 0.3 is 5.97 Å². The van der Waals surface area contributed by atoms with E-state index in [9.17, 15) is 4.79 Å². The van der Waals surface area contributed by atoms with Crippen LogP contribution in [0.15, 0.2) is 23.1 Å². The van der Waals surface area contributed by atoms with Crippen molar-refractivity contribution in [1.82, 2.24) is 0 Å². The Bertz CT molecular complexity index is 443. The number of aliphatic carboxylic acids is 1. The summed E-state index contributed by atoms with van der Waals surface area (Å²) in [6.07, 6.45) is 1.25. The number of carboxylic acids is 1. The summed E-state index contributed by atoms with van der Waals surface area (Å²) >= 11 is 1.75.